The summed E-state index contributed by atoms with van der Waals surface area (Å²) in [5.74, 6) is 0.0951. The van der Waals surface area contributed by atoms with E-state index in [-0.39, 0.29) is 12.0 Å². The van der Waals surface area contributed by atoms with Crippen molar-refractivity contribution in [2.45, 2.75) is 45.3 Å². The Morgan fingerprint density at radius 1 is 1.57 bits per heavy atom. The fourth-order valence-electron chi connectivity index (χ4n) is 2.58. The number of aliphatic hydroxyl groups excluding tert-OH is 1. The summed E-state index contributed by atoms with van der Waals surface area (Å²) in [6.07, 6.45) is 4.30. The largest absolute Gasteiger partial charge is 0.444 e. The Kier molecular flexibility index (Phi) is 4.56. The summed E-state index contributed by atoms with van der Waals surface area (Å²) < 4.78 is 7.09. The topological polar surface area (TPSA) is 67.6 Å². The van der Waals surface area contributed by atoms with E-state index in [0.29, 0.717) is 19.5 Å². The van der Waals surface area contributed by atoms with Crippen molar-refractivity contribution in [3.05, 3.63) is 18.0 Å². The van der Waals surface area contributed by atoms with E-state index in [1.807, 2.05) is 34.0 Å². The molecule has 6 nitrogen and oxygen atoms in total. The molecule has 118 valence electrons. The fourth-order valence-corrected chi connectivity index (χ4v) is 2.58. The maximum atomic E-state index is 12.0. The number of amides is 1. The molecule has 1 N–H and O–H groups in total. The van der Waals surface area contributed by atoms with E-state index in [2.05, 4.69) is 5.10 Å². The second-order valence-corrected chi connectivity index (χ2v) is 6.77. The van der Waals surface area contributed by atoms with Gasteiger partial charge in [0.15, 0.2) is 0 Å². The van der Waals surface area contributed by atoms with E-state index in [4.69, 9.17) is 4.74 Å². The lowest BCUT2D eigenvalue weighted by molar-refractivity contribution is 0.0269. The first-order valence-electron chi connectivity index (χ1n) is 7.38. The highest BCUT2D eigenvalue weighted by molar-refractivity contribution is 5.68. The second kappa shape index (κ2) is 6.05. The zero-order valence-electron chi connectivity index (χ0n) is 13.2. The van der Waals surface area contributed by atoms with Crippen LogP contribution in [-0.4, -0.2) is 50.7 Å². The van der Waals surface area contributed by atoms with E-state index >= 15 is 0 Å². The van der Waals surface area contributed by atoms with Crippen LogP contribution in [0.5, 0.6) is 0 Å². The molecule has 21 heavy (non-hydrogen) atoms. The molecule has 0 saturated carbocycles. The first-order valence-corrected chi connectivity index (χ1v) is 7.38. The molecule has 1 amide bonds. The molecular weight excluding hydrogens is 270 g/mol. The lowest BCUT2D eigenvalue weighted by Gasteiger charge is -2.25. The first kappa shape index (κ1) is 15.8. The number of nitrogens with zero attached hydrogens (tertiary/aromatic N) is 3. The third-order valence-corrected chi connectivity index (χ3v) is 3.62. The van der Waals surface area contributed by atoms with Crippen LogP contribution in [0, 0.1) is 5.92 Å². The average molecular weight is 295 g/mol. The third kappa shape index (κ3) is 4.46. The van der Waals surface area contributed by atoms with Gasteiger partial charge in [-0.2, -0.15) is 5.10 Å². The highest BCUT2D eigenvalue weighted by Crippen LogP contribution is 2.23. The maximum absolute atomic E-state index is 12.0. The number of aryl methyl sites for hydroxylation is 1. The Labute approximate surface area is 125 Å². The van der Waals surface area contributed by atoms with E-state index < -0.39 is 11.7 Å². The molecule has 1 fully saturated rings. The van der Waals surface area contributed by atoms with Crippen molar-refractivity contribution in [1.29, 1.82) is 0 Å². The second-order valence-electron chi connectivity index (χ2n) is 6.77. The first-order chi connectivity index (χ1) is 9.74. The lowest BCUT2D eigenvalue weighted by atomic mass is 9.97. The average Bonchev–Trinajstić information content (AvgIpc) is 2.96. The Hall–Kier alpha value is -1.56. The van der Waals surface area contributed by atoms with E-state index in [0.717, 1.165) is 12.0 Å². The predicted molar refractivity (Wildman–Crippen MR) is 78.8 cm³/mol. The van der Waals surface area contributed by atoms with Crippen molar-refractivity contribution in [2.24, 2.45) is 13.0 Å². The van der Waals surface area contributed by atoms with Gasteiger partial charge in [-0.15, -0.1) is 0 Å². The summed E-state index contributed by atoms with van der Waals surface area (Å²) in [6.45, 7) is 6.77. The zero-order chi connectivity index (χ0) is 15.6. The van der Waals surface area contributed by atoms with Gasteiger partial charge in [-0.25, -0.2) is 4.79 Å². The maximum Gasteiger partial charge on any atom is 0.410 e. The van der Waals surface area contributed by atoms with E-state index in [1.54, 1.807) is 15.8 Å². The molecule has 1 saturated heterocycles. The molecule has 0 spiro atoms. The van der Waals surface area contributed by atoms with Crippen molar-refractivity contribution >= 4 is 6.09 Å². The summed E-state index contributed by atoms with van der Waals surface area (Å²) in [7, 11) is 1.86. The molecule has 1 aliphatic rings. The molecule has 0 aromatic carbocycles. The SMILES string of the molecule is Cn1cc(CC(O)C2CCN(C(=O)OC(C)(C)C)C2)cn1. The standard InChI is InChI=1S/C15H25N3O3/c1-15(2,3)21-14(20)18-6-5-12(10-18)13(19)7-11-8-16-17(4)9-11/h8-9,12-13,19H,5-7,10H2,1-4H3. The van der Waals surface area contributed by atoms with Crippen LogP contribution in [0.25, 0.3) is 0 Å². The van der Waals surface area contributed by atoms with Crippen LogP contribution < -0.4 is 0 Å². The normalized spacial score (nSPS) is 20.6. The Morgan fingerprint density at radius 3 is 2.86 bits per heavy atom. The van der Waals surface area contributed by atoms with Crippen LogP contribution in [0.2, 0.25) is 0 Å². The smallest absolute Gasteiger partial charge is 0.410 e. The minimum Gasteiger partial charge on any atom is -0.444 e. The molecule has 1 aromatic rings. The zero-order valence-corrected chi connectivity index (χ0v) is 13.2. The fraction of sp³-hybridized carbons (Fsp3) is 0.733. The Morgan fingerprint density at radius 2 is 2.29 bits per heavy atom. The summed E-state index contributed by atoms with van der Waals surface area (Å²) in [6, 6.07) is 0. The number of hydrogen-bond acceptors (Lipinski definition) is 4. The van der Waals surface area contributed by atoms with Gasteiger partial charge in [-0.3, -0.25) is 4.68 Å². The van der Waals surface area contributed by atoms with Crippen molar-refractivity contribution in [3.63, 3.8) is 0 Å². The van der Waals surface area contributed by atoms with Crippen molar-refractivity contribution in [2.75, 3.05) is 13.1 Å². The van der Waals surface area contributed by atoms with Gasteiger partial charge in [-0.05, 0) is 32.8 Å². The van der Waals surface area contributed by atoms with Crippen LogP contribution >= 0.6 is 0 Å². The Bertz CT molecular complexity index is 493. The number of aliphatic hydroxyl groups is 1. The molecule has 0 aliphatic carbocycles. The number of carbonyl (C=O) groups is 1. The van der Waals surface area contributed by atoms with Crippen molar-refractivity contribution in [1.82, 2.24) is 14.7 Å². The molecule has 6 heteroatoms. The monoisotopic (exact) mass is 295 g/mol. The molecule has 2 atom stereocenters. The number of carbonyl (C=O) groups excluding carboxylic acids is 1. The van der Waals surface area contributed by atoms with Gasteiger partial charge in [-0.1, -0.05) is 0 Å². The molecule has 1 aromatic heterocycles. The number of aromatic nitrogens is 2. The lowest BCUT2D eigenvalue weighted by Crippen LogP contribution is -2.36. The third-order valence-electron chi connectivity index (χ3n) is 3.62. The van der Waals surface area contributed by atoms with Gasteiger partial charge < -0.3 is 14.7 Å². The van der Waals surface area contributed by atoms with Gasteiger partial charge in [0.05, 0.1) is 12.3 Å². The van der Waals surface area contributed by atoms with Gasteiger partial charge in [0, 0.05) is 38.7 Å². The van der Waals surface area contributed by atoms with Crippen LogP contribution in [0.4, 0.5) is 4.79 Å². The van der Waals surface area contributed by atoms with Crippen molar-refractivity contribution < 1.29 is 14.6 Å². The summed E-state index contributed by atoms with van der Waals surface area (Å²) in [5, 5.41) is 14.4. The van der Waals surface area contributed by atoms with Gasteiger partial charge in [0.2, 0.25) is 0 Å². The molecular formula is C15H25N3O3. The molecule has 1 aliphatic heterocycles. The van der Waals surface area contributed by atoms with Crippen molar-refractivity contribution in [3.8, 4) is 0 Å². The summed E-state index contributed by atoms with van der Waals surface area (Å²) in [4.78, 5) is 13.7. The quantitative estimate of drug-likeness (QED) is 0.919. The van der Waals surface area contributed by atoms with Gasteiger partial charge in [0.25, 0.3) is 0 Å². The predicted octanol–water partition coefficient (Wildman–Crippen LogP) is 1.58. The molecule has 2 heterocycles. The Balaban J connectivity index is 1.85. The molecule has 0 radical (unpaired) electrons. The number of likely N-dealkylation sites (tertiary alicyclic amines) is 1. The number of ether oxygens (including phenoxy) is 1. The molecule has 2 unspecified atom stereocenters. The minimum absolute atomic E-state index is 0.0951. The van der Waals surface area contributed by atoms with Gasteiger partial charge >= 0.3 is 6.09 Å². The van der Waals surface area contributed by atoms with Crippen LogP contribution in [-0.2, 0) is 18.2 Å². The van der Waals surface area contributed by atoms with Gasteiger partial charge in [0.1, 0.15) is 5.60 Å². The van der Waals surface area contributed by atoms with Crippen LogP contribution in [0.15, 0.2) is 12.4 Å². The minimum atomic E-state index is -0.483. The van der Waals surface area contributed by atoms with Crippen LogP contribution in [0.3, 0.4) is 0 Å². The molecule has 2 rings (SSSR count). The number of hydrogen-bond donors (Lipinski definition) is 1. The van der Waals surface area contributed by atoms with E-state index in [9.17, 15) is 9.90 Å². The summed E-state index contributed by atoms with van der Waals surface area (Å²) >= 11 is 0. The number of rotatable bonds is 3. The summed E-state index contributed by atoms with van der Waals surface area (Å²) in [5.41, 5.74) is 0.532. The highest BCUT2D eigenvalue weighted by atomic mass is 16.6. The highest BCUT2D eigenvalue weighted by Gasteiger charge is 2.33. The van der Waals surface area contributed by atoms with E-state index in [1.165, 1.54) is 0 Å². The molecule has 0 bridgehead atoms. The van der Waals surface area contributed by atoms with Crippen LogP contribution in [0.1, 0.15) is 32.8 Å².